The van der Waals surface area contributed by atoms with E-state index in [-0.39, 0.29) is 0 Å². The molecule has 0 bridgehead atoms. The van der Waals surface area contributed by atoms with Crippen molar-refractivity contribution in [3.8, 4) is 39.1 Å². The highest BCUT2D eigenvalue weighted by Crippen LogP contribution is 2.47. The van der Waals surface area contributed by atoms with Crippen LogP contribution in [0.15, 0.2) is 243 Å². The first kappa shape index (κ1) is 37.3. The van der Waals surface area contributed by atoms with Crippen molar-refractivity contribution in [1.82, 2.24) is 4.57 Å². The normalized spacial score (nSPS) is 11.7. The largest absolute Gasteiger partial charge is 0.310 e. The number of rotatable bonds is 7. The monoisotopic (exact) mass is 844 g/mol. The summed E-state index contributed by atoms with van der Waals surface area (Å²) < 4.78 is 5.01. The molecule has 11 aromatic carbocycles. The van der Waals surface area contributed by atoms with Gasteiger partial charge in [0.1, 0.15) is 0 Å². The molecule has 0 spiro atoms. The zero-order valence-electron chi connectivity index (χ0n) is 35.4. The summed E-state index contributed by atoms with van der Waals surface area (Å²) in [5.41, 5.74) is 13.9. The van der Waals surface area contributed by atoms with E-state index in [4.69, 9.17) is 0 Å². The molecule has 0 amide bonds. The Bertz CT molecular complexity index is 3900. The molecule has 13 aromatic rings. The summed E-state index contributed by atoms with van der Waals surface area (Å²) in [6, 6.07) is 89.1. The summed E-state index contributed by atoms with van der Waals surface area (Å²) in [5, 5.41) is 10.1. The van der Waals surface area contributed by atoms with Gasteiger partial charge in [0.25, 0.3) is 0 Å². The molecule has 0 aliphatic carbocycles. The highest BCUT2D eigenvalue weighted by atomic mass is 32.1. The molecular weight excluding hydrogens is 805 g/mol. The van der Waals surface area contributed by atoms with Crippen LogP contribution in [0.25, 0.3) is 103 Å². The molecule has 0 aliphatic rings. The Balaban J connectivity index is 1.05. The van der Waals surface area contributed by atoms with E-state index in [1.165, 1.54) is 85.8 Å². The third-order valence-corrected chi connectivity index (χ3v) is 14.4. The van der Waals surface area contributed by atoms with Crippen molar-refractivity contribution in [2.75, 3.05) is 4.90 Å². The second kappa shape index (κ2) is 15.2. The highest BCUT2D eigenvalue weighted by Gasteiger charge is 2.22. The fourth-order valence-corrected chi connectivity index (χ4v) is 11.4. The molecule has 0 saturated heterocycles. The zero-order chi connectivity index (χ0) is 42.8. The van der Waals surface area contributed by atoms with Gasteiger partial charge in [0.15, 0.2) is 0 Å². The number of benzene rings is 11. The van der Waals surface area contributed by atoms with Crippen LogP contribution in [0.1, 0.15) is 0 Å². The van der Waals surface area contributed by atoms with E-state index < -0.39 is 0 Å². The molecule has 0 radical (unpaired) electrons. The second-order valence-corrected chi connectivity index (χ2v) is 17.9. The van der Waals surface area contributed by atoms with Crippen LogP contribution in [-0.4, -0.2) is 4.57 Å². The molecule has 2 aromatic heterocycles. The van der Waals surface area contributed by atoms with E-state index in [2.05, 4.69) is 252 Å². The lowest BCUT2D eigenvalue weighted by Crippen LogP contribution is -2.12. The van der Waals surface area contributed by atoms with Crippen LogP contribution in [0.5, 0.6) is 0 Å². The van der Waals surface area contributed by atoms with Gasteiger partial charge in [-0.1, -0.05) is 176 Å². The lowest BCUT2D eigenvalue weighted by molar-refractivity contribution is 1.17. The molecule has 0 unspecified atom stereocenters. The van der Waals surface area contributed by atoms with Gasteiger partial charge in [-0.2, -0.15) is 0 Å². The van der Waals surface area contributed by atoms with Crippen LogP contribution >= 0.6 is 11.3 Å². The van der Waals surface area contributed by atoms with Gasteiger partial charge in [0, 0.05) is 53.6 Å². The van der Waals surface area contributed by atoms with E-state index in [0.29, 0.717) is 0 Å². The van der Waals surface area contributed by atoms with Gasteiger partial charge in [-0.15, -0.1) is 11.3 Å². The Labute approximate surface area is 381 Å². The lowest BCUT2D eigenvalue weighted by Gasteiger charge is -2.29. The van der Waals surface area contributed by atoms with Crippen molar-refractivity contribution in [3.63, 3.8) is 0 Å². The second-order valence-electron chi connectivity index (χ2n) is 16.8. The molecule has 65 heavy (non-hydrogen) atoms. The summed E-state index contributed by atoms with van der Waals surface area (Å²) in [6.45, 7) is 0. The summed E-state index contributed by atoms with van der Waals surface area (Å²) in [7, 11) is 0. The lowest BCUT2D eigenvalue weighted by atomic mass is 9.91. The predicted molar refractivity (Wildman–Crippen MR) is 280 cm³/mol. The van der Waals surface area contributed by atoms with Crippen LogP contribution in [0.2, 0.25) is 0 Å². The average Bonchev–Trinajstić information content (AvgIpc) is 3.93. The number of nitrogens with zero attached hydrogens (tertiary/aromatic N) is 2. The van der Waals surface area contributed by atoms with Gasteiger partial charge in [-0.05, 0) is 116 Å². The van der Waals surface area contributed by atoms with Gasteiger partial charge in [0.2, 0.25) is 0 Å². The van der Waals surface area contributed by atoms with E-state index in [1.807, 2.05) is 11.3 Å². The maximum absolute atomic E-state index is 2.47. The molecule has 3 heteroatoms. The molecule has 304 valence electrons. The Hall–Kier alpha value is -8.24. The van der Waals surface area contributed by atoms with Gasteiger partial charge in [-0.25, -0.2) is 0 Å². The summed E-state index contributed by atoms with van der Waals surface area (Å²) in [4.78, 5) is 2.47. The molecular formula is C62H40N2S. The fraction of sp³-hybridized carbons (Fsp3) is 0. The molecule has 0 atom stereocenters. The number of aromatic nitrogens is 1. The fourth-order valence-electron chi connectivity index (χ4n) is 10.2. The number of anilines is 3. The van der Waals surface area contributed by atoms with Crippen molar-refractivity contribution >= 4 is 91.9 Å². The van der Waals surface area contributed by atoms with Crippen LogP contribution in [-0.2, 0) is 0 Å². The minimum atomic E-state index is 1.07. The van der Waals surface area contributed by atoms with Crippen molar-refractivity contribution in [1.29, 1.82) is 0 Å². The maximum atomic E-state index is 2.47. The molecule has 0 fully saturated rings. The van der Waals surface area contributed by atoms with Crippen LogP contribution in [0, 0.1) is 0 Å². The molecule has 2 heterocycles. The van der Waals surface area contributed by atoms with Gasteiger partial charge >= 0.3 is 0 Å². The molecule has 0 aliphatic heterocycles. The minimum absolute atomic E-state index is 1.07. The van der Waals surface area contributed by atoms with Gasteiger partial charge < -0.3 is 9.47 Å². The Morgan fingerprint density at radius 1 is 0.323 bits per heavy atom. The van der Waals surface area contributed by atoms with E-state index in [0.717, 1.165) is 33.9 Å². The van der Waals surface area contributed by atoms with Gasteiger partial charge in [-0.3, -0.25) is 0 Å². The number of thiophene rings is 1. The standard InChI is InChI=1S/C62H40N2S/c1-2-16-41(17-3-1)49-37-32-44(57-39-43-18-4-5-21-48(43)51-22-6-7-23-52(51)57)40-60(49)63(45-33-35-46(36-34-45)64-58-29-11-8-24-53(58)54-25-9-12-30-59(54)64)47-20-14-19-42(38-47)50-27-15-28-56-55-26-10-13-31-61(55)65-62(50)56/h1-40H. The van der Waals surface area contributed by atoms with Crippen LogP contribution < -0.4 is 4.90 Å². The van der Waals surface area contributed by atoms with Crippen molar-refractivity contribution in [2.45, 2.75) is 0 Å². The zero-order valence-corrected chi connectivity index (χ0v) is 36.2. The maximum Gasteiger partial charge on any atom is 0.0546 e. The smallest absolute Gasteiger partial charge is 0.0546 e. The van der Waals surface area contributed by atoms with Gasteiger partial charge in [0.05, 0.1) is 16.7 Å². The quantitative estimate of drug-likeness (QED) is 0.145. The summed E-state index contributed by atoms with van der Waals surface area (Å²) in [5.74, 6) is 0. The number of hydrogen-bond donors (Lipinski definition) is 0. The van der Waals surface area contributed by atoms with Crippen molar-refractivity contribution in [2.24, 2.45) is 0 Å². The minimum Gasteiger partial charge on any atom is -0.310 e. The van der Waals surface area contributed by atoms with Crippen molar-refractivity contribution < 1.29 is 0 Å². The molecule has 2 nitrogen and oxygen atoms in total. The first-order valence-electron chi connectivity index (χ1n) is 22.2. The summed E-state index contributed by atoms with van der Waals surface area (Å²) in [6.07, 6.45) is 0. The first-order valence-corrected chi connectivity index (χ1v) is 23.1. The van der Waals surface area contributed by atoms with E-state index >= 15 is 0 Å². The Morgan fingerprint density at radius 2 is 0.923 bits per heavy atom. The Kier molecular flexibility index (Phi) is 8.75. The summed E-state index contributed by atoms with van der Waals surface area (Å²) >= 11 is 1.88. The van der Waals surface area contributed by atoms with Crippen molar-refractivity contribution in [3.05, 3.63) is 243 Å². The molecule has 0 saturated carbocycles. The Morgan fingerprint density at radius 3 is 1.71 bits per heavy atom. The van der Waals surface area contributed by atoms with E-state index in [9.17, 15) is 0 Å². The number of para-hydroxylation sites is 2. The van der Waals surface area contributed by atoms with Crippen LogP contribution in [0.4, 0.5) is 17.1 Å². The van der Waals surface area contributed by atoms with E-state index in [1.54, 1.807) is 0 Å². The van der Waals surface area contributed by atoms with Crippen LogP contribution in [0.3, 0.4) is 0 Å². The number of hydrogen-bond acceptors (Lipinski definition) is 2. The number of fused-ring (bicyclic) bond motifs is 9. The molecule has 0 N–H and O–H groups in total. The highest BCUT2D eigenvalue weighted by molar-refractivity contribution is 7.26. The first-order chi connectivity index (χ1) is 32.2. The average molecular weight is 845 g/mol. The SMILES string of the molecule is c1ccc(-c2ccc(-c3cc4ccccc4c4ccccc34)cc2N(c2ccc(-n3c4ccccc4c4ccccc43)cc2)c2cccc(-c3cccc4c3sc3ccccc34)c2)cc1. The predicted octanol–water partition coefficient (Wildman–Crippen LogP) is 17.9. The molecule has 13 rings (SSSR count). The third-order valence-electron chi connectivity index (χ3n) is 13.2. The third kappa shape index (κ3) is 6.16. The topological polar surface area (TPSA) is 8.17 Å².